The first kappa shape index (κ1) is 20.4. The van der Waals surface area contributed by atoms with E-state index in [1.54, 1.807) is 0 Å². The molecular formula is C26H29NO3. The van der Waals surface area contributed by atoms with Crippen molar-refractivity contribution >= 4 is 11.9 Å². The van der Waals surface area contributed by atoms with Crippen molar-refractivity contribution in [3.63, 3.8) is 0 Å². The molecule has 0 saturated heterocycles. The van der Waals surface area contributed by atoms with Crippen molar-refractivity contribution in [1.82, 2.24) is 5.32 Å². The van der Waals surface area contributed by atoms with Crippen molar-refractivity contribution in [1.29, 1.82) is 0 Å². The van der Waals surface area contributed by atoms with Crippen LogP contribution >= 0.6 is 0 Å². The minimum Gasteiger partial charge on any atom is -0.459 e. The van der Waals surface area contributed by atoms with Gasteiger partial charge < -0.3 is 10.1 Å². The summed E-state index contributed by atoms with van der Waals surface area (Å²) >= 11 is 0. The van der Waals surface area contributed by atoms with Gasteiger partial charge in [0.2, 0.25) is 0 Å². The van der Waals surface area contributed by atoms with E-state index in [2.05, 4.69) is 30.5 Å². The van der Waals surface area contributed by atoms with Gasteiger partial charge in [-0.25, -0.2) is 4.79 Å². The fraction of sp³-hybridized carbons (Fsp3) is 0.385. The Morgan fingerprint density at radius 2 is 1.87 bits per heavy atom. The fourth-order valence-electron chi connectivity index (χ4n) is 4.56. The first-order valence-electron chi connectivity index (χ1n) is 10.9. The molecule has 30 heavy (non-hydrogen) atoms. The van der Waals surface area contributed by atoms with Gasteiger partial charge in [-0.15, -0.1) is 0 Å². The maximum absolute atomic E-state index is 13.2. The number of carbonyl (C=O) groups excluding carboxylic acids is 2. The largest absolute Gasteiger partial charge is 0.459 e. The van der Waals surface area contributed by atoms with Crippen LogP contribution in [0.25, 0.3) is 0 Å². The van der Waals surface area contributed by atoms with Gasteiger partial charge in [0.25, 0.3) is 5.91 Å². The summed E-state index contributed by atoms with van der Waals surface area (Å²) in [7, 11) is 0. The van der Waals surface area contributed by atoms with E-state index < -0.39 is 5.54 Å². The Morgan fingerprint density at radius 1 is 1.10 bits per heavy atom. The van der Waals surface area contributed by atoms with Gasteiger partial charge in [-0.2, -0.15) is 0 Å². The zero-order valence-corrected chi connectivity index (χ0v) is 17.5. The predicted octanol–water partition coefficient (Wildman–Crippen LogP) is 4.79. The fourth-order valence-corrected chi connectivity index (χ4v) is 4.56. The standard InChI is InChI=1S/C26H29NO3/c1-19-9-8-12-21-13-14-22(17-23(19)21)24(28)27-26(15-6-3-7-16-26)25(29)30-18-20-10-4-2-5-11-20/h2,4-5,8-14,17,19,23H,3,6-7,15-16,18H2,1H3,(H,27,28)/t19-,23?/m1/s1. The molecule has 4 heteroatoms. The molecule has 1 N–H and O–H groups in total. The Balaban J connectivity index is 1.48. The van der Waals surface area contributed by atoms with Crippen LogP contribution in [0.15, 0.2) is 77.9 Å². The number of benzene rings is 1. The second kappa shape index (κ2) is 8.86. The number of amides is 1. The predicted molar refractivity (Wildman–Crippen MR) is 117 cm³/mol. The normalized spacial score (nSPS) is 24.3. The van der Waals surface area contributed by atoms with Crippen LogP contribution in [0.5, 0.6) is 0 Å². The molecule has 0 heterocycles. The second-order valence-corrected chi connectivity index (χ2v) is 8.55. The smallest absolute Gasteiger partial charge is 0.332 e. The molecule has 1 aromatic carbocycles. The number of allylic oxidation sites excluding steroid dienone is 6. The number of nitrogens with one attached hydrogen (secondary N) is 1. The van der Waals surface area contributed by atoms with E-state index in [-0.39, 0.29) is 24.4 Å². The molecule has 1 fully saturated rings. The summed E-state index contributed by atoms with van der Waals surface area (Å²) in [5.41, 5.74) is 1.85. The highest BCUT2D eigenvalue weighted by Crippen LogP contribution is 2.34. The molecular weight excluding hydrogens is 374 g/mol. The van der Waals surface area contributed by atoms with Crippen molar-refractivity contribution < 1.29 is 14.3 Å². The lowest BCUT2D eigenvalue weighted by Crippen LogP contribution is -2.56. The van der Waals surface area contributed by atoms with Crippen LogP contribution in [-0.2, 0) is 20.9 Å². The van der Waals surface area contributed by atoms with E-state index >= 15 is 0 Å². The number of ether oxygens (including phenoxy) is 1. The van der Waals surface area contributed by atoms with Gasteiger partial charge >= 0.3 is 5.97 Å². The third-order valence-corrected chi connectivity index (χ3v) is 6.39. The Bertz CT molecular complexity index is 917. The number of hydrogen-bond acceptors (Lipinski definition) is 3. The van der Waals surface area contributed by atoms with Crippen LogP contribution in [0.3, 0.4) is 0 Å². The monoisotopic (exact) mass is 403 g/mol. The Labute approximate surface area is 178 Å². The number of hydrogen-bond donors (Lipinski definition) is 1. The van der Waals surface area contributed by atoms with Crippen molar-refractivity contribution in [3.05, 3.63) is 83.5 Å². The van der Waals surface area contributed by atoms with Crippen LogP contribution in [0.2, 0.25) is 0 Å². The van der Waals surface area contributed by atoms with Gasteiger partial charge in [0, 0.05) is 11.5 Å². The zero-order chi connectivity index (χ0) is 21.0. The minimum atomic E-state index is -0.938. The number of fused-ring (bicyclic) bond motifs is 1. The number of carbonyl (C=O) groups is 2. The average Bonchev–Trinajstić information content (AvgIpc) is 2.79. The topological polar surface area (TPSA) is 55.4 Å². The van der Waals surface area contributed by atoms with Gasteiger partial charge in [-0.05, 0) is 36.0 Å². The van der Waals surface area contributed by atoms with E-state index in [4.69, 9.17) is 4.74 Å². The summed E-state index contributed by atoms with van der Waals surface area (Å²) < 4.78 is 5.65. The summed E-state index contributed by atoms with van der Waals surface area (Å²) in [6, 6.07) is 9.65. The number of rotatable bonds is 5. The van der Waals surface area contributed by atoms with Gasteiger partial charge in [0.15, 0.2) is 0 Å². The quantitative estimate of drug-likeness (QED) is 0.719. The van der Waals surface area contributed by atoms with Gasteiger partial charge in [-0.1, -0.05) is 86.9 Å². The molecule has 4 nitrogen and oxygen atoms in total. The molecule has 1 aromatic rings. The highest BCUT2D eigenvalue weighted by atomic mass is 16.5. The van der Waals surface area contributed by atoms with Crippen LogP contribution in [-0.4, -0.2) is 17.4 Å². The molecule has 3 aliphatic carbocycles. The Kier molecular flexibility index (Phi) is 6.03. The third kappa shape index (κ3) is 4.33. The average molecular weight is 404 g/mol. The molecule has 0 radical (unpaired) electrons. The zero-order valence-electron chi connectivity index (χ0n) is 17.5. The van der Waals surface area contributed by atoms with Gasteiger partial charge in [0.1, 0.15) is 12.1 Å². The molecule has 2 atom stereocenters. The first-order valence-corrected chi connectivity index (χ1v) is 10.9. The molecule has 0 aromatic heterocycles. The maximum Gasteiger partial charge on any atom is 0.332 e. The lowest BCUT2D eigenvalue weighted by atomic mass is 9.78. The first-order chi connectivity index (χ1) is 14.6. The third-order valence-electron chi connectivity index (χ3n) is 6.39. The van der Waals surface area contributed by atoms with Crippen molar-refractivity contribution in [3.8, 4) is 0 Å². The summed E-state index contributed by atoms with van der Waals surface area (Å²) in [6.07, 6.45) is 16.4. The summed E-state index contributed by atoms with van der Waals surface area (Å²) in [5.74, 6) is 0.0327. The second-order valence-electron chi connectivity index (χ2n) is 8.55. The van der Waals surface area contributed by atoms with Crippen LogP contribution in [0.4, 0.5) is 0 Å². The highest BCUT2D eigenvalue weighted by Gasteiger charge is 2.43. The van der Waals surface area contributed by atoms with E-state index in [9.17, 15) is 9.59 Å². The summed E-state index contributed by atoms with van der Waals surface area (Å²) in [4.78, 5) is 26.3. The molecule has 156 valence electrons. The molecule has 0 spiro atoms. The lowest BCUT2D eigenvalue weighted by molar-refractivity contribution is -0.156. The summed E-state index contributed by atoms with van der Waals surface area (Å²) in [6.45, 7) is 2.38. The molecule has 4 rings (SSSR count). The molecule has 1 unspecified atom stereocenters. The molecule has 3 aliphatic rings. The van der Waals surface area contributed by atoms with Crippen molar-refractivity contribution in [2.24, 2.45) is 11.8 Å². The lowest BCUT2D eigenvalue weighted by Gasteiger charge is -2.36. The van der Waals surface area contributed by atoms with Crippen LogP contribution < -0.4 is 5.32 Å². The van der Waals surface area contributed by atoms with E-state index in [1.165, 1.54) is 5.57 Å². The maximum atomic E-state index is 13.2. The van der Waals surface area contributed by atoms with Crippen molar-refractivity contribution in [2.75, 3.05) is 0 Å². The van der Waals surface area contributed by atoms with Gasteiger partial charge in [0.05, 0.1) is 0 Å². The van der Waals surface area contributed by atoms with Crippen molar-refractivity contribution in [2.45, 2.75) is 51.2 Å². The van der Waals surface area contributed by atoms with E-state index in [0.717, 1.165) is 24.8 Å². The molecule has 1 amide bonds. The molecule has 0 bridgehead atoms. The highest BCUT2D eigenvalue weighted by molar-refractivity contribution is 6.00. The van der Waals surface area contributed by atoms with E-state index in [1.807, 2.05) is 48.6 Å². The SMILES string of the molecule is C[C@@H]1C=CC=C2C=CC(C(=O)NC3(C(=O)OCc4ccccc4)CCCCC3)=CC21. The summed E-state index contributed by atoms with van der Waals surface area (Å²) in [5, 5.41) is 3.08. The number of esters is 1. The minimum absolute atomic E-state index is 0.189. The van der Waals surface area contributed by atoms with E-state index in [0.29, 0.717) is 24.3 Å². The van der Waals surface area contributed by atoms with Crippen LogP contribution in [0, 0.1) is 11.8 Å². The Morgan fingerprint density at radius 3 is 2.63 bits per heavy atom. The van der Waals surface area contributed by atoms with Gasteiger partial charge in [-0.3, -0.25) is 4.79 Å². The molecule has 1 saturated carbocycles. The molecule has 0 aliphatic heterocycles. The van der Waals surface area contributed by atoms with Crippen LogP contribution in [0.1, 0.15) is 44.6 Å². The Hall–Kier alpha value is -2.88.